The summed E-state index contributed by atoms with van der Waals surface area (Å²) in [5.41, 5.74) is 10.8. The number of para-hydroxylation sites is 2. The van der Waals surface area contributed by atoms with Crippen molar-refractivity contribution in [3.05, 3.63) is 229 Å². The molecule has 0 radical (unpaired) electrons. The van der Waals surface area contributed by atoms with Crippen molar-refractivity contribution in [3.63, 3.8) is 0 Å². The zero-order chi connectivity index (χ0) is 40.4. The zero-order valence-electron chi connectivity index (χ0n) is 33.3. The van der Waals surface area contributed by atoms with E-state index in [-0.39, 0.29) is 5.84 Å². The molecule has 4 heteroatoms. The molecular weight excluding hydrogens is 741 g/mol. The van der Waals surface area contributed by atoms with Gasteiger partial charge in [-0.15, -0.1) is 0 Å². The number of nitrogens with zero attached hydrogens (tertiary/aromatic N) is 3. The zero-order valence-corrected chi connectivity index (χ0v) is 33.3. The molecule has 0 saturated carbocycles. The highest BCUT2D eigenvalue weighted by atomic mass is 15.0. The standard InChI is InChI=1S/C57H38N4/c58-57(40-16-3-1-4-17-40)59-48(35-37-26-27-38-14-7-8-18-41(38)34-37)43-28-30-45-42(36-43)19-13-25-49(45)61-50-24-12-11-23-47(50)55-52(61)32-33-53-56(55)54-46-22-10-9-15-39(46)29-31-51(54)60(53)44-20-5-2-6-21-44/h1-34,36,58H,35H2/b58-57?,59-48+. The van der Waals surface area contributed by atoms with Gasteiger partial charge in [-0.3, -0.25) is 5.41 Å². The SMILES string of the molecule is N=C(/N=C(\Cc1ccc2ccccc2c1)c1ccc2c(-n3c4ccccc4c4c5c6c7ccccc7ccc6n(-c6ccccc6)c5ccc43)cccc2c1)c1ccccc1. The summed E-state index contributed by atoms with van der Waals surface area (Å²) in [6, 6.07) is 75.7. The van der Waals surface area contributed by atoms with Crippen molar-refractivity contribution in [2.24, 2.45) is 4.99 Å². The first-order valence-corrected chi connectivity index (χ1v) is 20.8. The summed E-state index contributed by atoms with van der Waals surface area (Å²) < 4.78 is 4.88. The van der Waals surface area contributed by atoms with Gasteiger partial charge in [-0.2, -0.15) is 0 Å². The van der Waals surface area contributed by atoms with E-state index in [4.69, 9.17) is 10.4 Å². The smallest absolute Gasteiger partial charge is 0.152 e. The molecule has 0 aliphatic rings. The van der Waals surface area contributed by atoms with Gasteiger partial charge in [0.05, 0.1) is 33.5 Å². The lowest BCUT2D eigenvalue weighted by Gasteiger charge is -2.14. The maximum atomic E-state index is 9.06. The van der Waals surface area contributed by atoms with Gasteiger partial charge >= 0.3 is 0 Å². The lowest BCUT2D eigenvalue weighted by atomic mass is 9.97. The molecule has 0 atom stereocenters. The Morgan fingerprint density at radius 3 is 1.85 bits per heavy atom. The summed E-state index contributed by atoms with van der Waals surface area (Å²) in [5.74, 6) is 0.253. The fourth-order valence-electron chi connectivity index (χ4n) is 9.63. The van der Waals surface area contributed by atoms with Gasteiger partial charge in [-0.05, 0) is 86.6 Å². The van der Waals surface area contributed by atoms with Gasteiger partial charge in [0.15, 0.2) is 5.84 Å². The predicted octanol–water partition coefficient (Wildman–Crippen LogP) is 14.4. The van der Waals surface area contributed by atoms with E-state index in [1.165, 1.54) is 59.6 Å². The van der Waals surface area contributed by atoms with Crippen LogP contribution in [0.1, 0.15) is 16.7 Å². The third-order valence-electron chi connectivity index (χ3n) is 12.4. The third-order valence-corrected chi connectivity index (χ3v) is 12.4. The van der Waals surface area contributed by atoms with Crippen molar-refractivity contribution in [1.29, 1.82) is 5.41 Å². The molecular formula is C57H38N4. The van der Waals surface area contributed by atoms with E-state index in [2.05, 4.69) is 191 Å². The van der Waals surface area contributed by atoms with Crippen LogP contribution in [0.15, 0.2) is 217 Å². The Morgan fingerprint density at radius 2 is 1.02 bits per heavy atom. The molecule has 0 saturated heterocycles. The minimum atomic E-state index is 0.253. The lowest BCUT2D eigenvalue weighted by molar-refractivity contribution is 1.18. The largest absolute Gasteiger partial charge is 0.309 e. The monoisotopic (exact) mass is 778 g/mol. The van der Waals surface area contributed by atoms with Crippen LogP contribution in [0.25, 0.3) is 87.3 Å². The average Bonchev–Trinajstić information content (AvgIpc) is 3.84. The van der Waals surface area contributed by atoms with Crippen LogP contribution in [-0.2, 0) is 6.42 Å². The van der Waals surface area contributed by atoms with Crippen LogP contribution in [0.3, 0.4) is 0 Å². The molecule has 0 aliphatic carbocycles. The van der Waals surface area contributed by atoms with Gasteiger partial charge in [-0.25, -0.2) is 4.99 Å². The van der Waals surface area contributed by atoms with Gasteiger partial charge in [-0.1, -0.05) is 164 Å². The van der Waals surface area contributed by atoms with Gasteiger partial charge in [0.25, 0.3) is 0 Å². The minimum absolute atomic E-state index is 0.253. The molecule has 4 nitrogen and oxygen atoms in total. The van der Waals surface area contributed by atoms with Crippen molar-refractivity contribution in [3.8, 4) is 11.4 Å². The summed E-state index contributed by atoms with van der Waals surface area (Å²) in [4.78, 5) is 5.05. The molecule has 0 fully saturated rings. The Kier molecular flexibility index (Phi) is 8.04. The number of nitrogens with one attached hydrogen (secondary N) is 1. The molecule has 0 bridgehead atoms. The van der Waals surface area contributed by atoms with E-state index >= 15 is 0 Å². The normalized spacial score (nSPS) is 12.2. The molecule has 2 aromatic heterocycles. The number of benzene rings is 10. The molecule has 0 aliphatic heterocycles. The van der Waals surface area contributed by atoms with Crippen molar-refractivity contribution in [2.75, 3.05) is 0 Å². The molecule has 12 aromatic rings. The van der Waals surface area contributed by atoms with Crippen LogP contribution in [0.2, 0.25) is 0 Å². The number of amidine groups is 1. The number of aliphatic imine (C=N–C) groups is 1. The van der Waals surface area contributed by atoms with Crippen molar-refractivity contribution in [1.82, 2.24) is 9.13 Å². The number of hydrogen-bond acceptors (Lipinski definition) is 1. The van der Waals surface area contributed by atoms with Crippen molar-refractivity contribution in [2.45, 2.75) is 6.42 Å². The van der Waals surface area contributed by atoms with E-state index in [1.54, 1.807) is 0 Å². The van der Waals surface area contributed by atoms with E-state index in [9.17, 15) is 0 Å². The minimum Gasteiger partial charge on any atom is -0.309 e. The number of aromatic nitrogens is 2. The van der Waals surface area contributed by atoms with E-state index in [1.807, 2.05) is 30.3 Å². The molecule has 286 valence electrons. The average molecular weight is 779 g/mol. The van der Waals surface area contributed by atoms with Crippen LogP contribution in [0.5, 0.6) is 0 Å². The Balaban J connectivity index is 1.07. The fourth-order valence-corrected chi connectivity index (χ4v) is 9.63. The van der Waals surface area contributed by atoms with E-state index in [0.29, 0.717) is 6.42 Å². The molecule has 1 N–H and O–H groups in total. The summed E-state index contributed by atoms with van der Waals surface area (Å²) in [6.45, 7) is 0. The molecule has 0 amide bonds. The number of fused-ring (bicyclic) bond motifs is 11. The van der Waals surface area contributed by atoms with Crippen molar-refractivity contribution < 1.29 is 0 Å². The summed E-state index contributed by atoms with van der Waals surface area (Å²) >= 11 is 0. The van der Waals surface area contributed by atoms with Crippen LogP contribution in [0, 0.1) is 5.41 Å². The van der Waals surface area contributed by atoms with Gasteiger partial charge < -0.3 is 9.13 Å². The highest BCUT2D eigenvalue weighted by Gasteiger charge is 2.22. The van der Waals surface area contributed by atoms with Gasteiger partial charge in [0.1, 0.15) is 0 Å². The predicted molar refractivity (Wildman–Crippen MR) is 258 cm³/mol. The highest BCUT2D eigenvalue weighted by molar-refractivity contribution is 6.33. The lowest BCUT2D eigenvalue weighted by Crippen LogP contribution is -2.10. The first kappa shape index (κ1) is 34.9. The first-order valence-electron chi connectivity index (χ1n) is 20.8. The molecule has 12 rings (SSSR count). The second-order valence-corrected chi connectivity index (χ2v) is 15.9. The first-order chi connectivity index (χ1) is 30.2. The van der Waals surface area contributed by atoms with E-state index in [0.717, 1.165) is 50.1 Å². The maximum Gasteiger partial charge on any atom is 0.152 e. The molecule has 10 aromatic carbocycles. The topological polar surface area (TPSA) is 46.1 Å². The maximum absolute atomic E-state index is 9.06. The molecule has 0 unspecified atom stereocenters. The second kappa shape index (κ2) is 14.0. The van der Waals surface area contributed by atoms with Gasteiger partial charge in [0, 0.05) is 44.6 Å². The summed E-state index contributed by atoms with van der Waals surface area (Å²) in [5, 5.41) is 21.2. The Labute approximate surface area is 352 Å². The Morgan fingerprint density at radius 1 is 0.393 bits per heavy atom. The highest BCUT2D eigenvalue weighted by Crippen LogP contribution is 2.45. The quantitative estimate of drug-likeness (QED) is 0.129. The Bertz CT molecular complexity index is 3740. The van der Waals surface area contributed by atoms with Crippen LogP contribution in [0.4, 0.5) is 0 Å². The second-order valence-electron chi connectivity index (χ2n) is 15.9. The molecule has 61 heavy (non-hydrogen) atoms. The summed E-state index contributed by atoms with van der Waals surface area (Å²) in [6.07, 6.45) is 0.597. The van der Waals surface area contributed by atoms with E-state index < -0.39 is 0 Å². The van der Waals surface area contributed by atoms with Crippen LogP contribution in [-0.4, -0.2) is 20.7 Å². The molecule has 2 heterocycles. The van der Waals surface area contributed by atoms with Gasteiger partial charge in [0.2, 0.25) is 0 Å². The number of hydrogen-bond donors (Lipinski definition) is 1. The van der Waals surface area contributed by atoms with Crippen LogP contribution < -0.4 is 0 Å². The summed E-state index contributed by atoms with van der Waals surface area (Å²) in [7, 11) is 0. The Hall–Kier alpha value is -8.08. The third kappa shape index (κ3) is 5.68. The number of rotatable bonds is 6. The molecule has 0 spiro atoms. The van der Waals surface area contributed by atoms with Crippen molar-refractivity contribution >= 4 is 87.5 Å². The fraction of sp³-hybridized carbons (Fsp3) is 0.0175. The van der Waals surface area contributed by atoms with Crippen LogP contribution >= 0.6 is 0 Å².